The van der Waals surface area contributed by atoms with E-state index >= 15 is 0 Å². The molecule has 0 N–H and O–H groups in total. The van der Waals surface area contributed by atoms with Crippen LogP contribution >= 0.6 is 0 Å². The van der Waals surface area contributed by atoms with Gasteiger partial charge in [-0.25, -0.2) is 0 Å². The molecule has 3 rings (SSSR count). The van der Waals surface area contributed by atoms with E-state index < -0.39 is 0 Å². The van der Waals surface area contributed by atoms with Crippen LogP contribution < -0.4 is 0 Å². The fraction of sp³-hybridized carbons (Fsp3) is 1.00. The van der Waals surface area contributed by atoms with Gasteiger partial charge >= 0.3 is 0 Å². The van der Waals surface area contributed by atoms with Gasteiger partial charge in [0, 0.05) is 65.4 Å². The topological polar surface area (TPSA) is 16.2 Å². The van der Waals surface area contributed by atoms with Crippen LogP contribution in [0.15, 0.2) is 0 Å². The summed E-state index contributed by atoms with van der Waals surface area (Å²) in [6.07, 6.45) is 4.10. The second-order valence-electron chi connectivity index (χ2n) is 9.44. The van der Waals surface area contributed by atoms with Crippen LogP contribution in [0.1, 0.15) is 33.1 Å². The highest BCUT2D eigenvalue weighted by molar-refractivity contribution is 4.77. The summed E-state index contributed by atoms with van der Waals surface area (Å²) >= 11 is 0. The van der Waals surface area contributed by atoms with Gasteiger partial charge in [-0.2, -0.15) is 0 Å². The van der Waals surface area contributed by atoms with Gasteiger partial charge in [-0.1, -0.05) is 13.8 Å². The van der Waals surface area contributed by atoms with Crippen molar-refractivity contribution < 1.29 is 0 Å². The Morgan fingerprint density at radius 2 is 1.08 bits per heavy atom. The van der Waals surface area contributed by atoms with Crippen molar-refractivity contribution in [3.8, 4) is 0 Å². The van der Waals surface area contributed by atoms with Crippen LogP contribution in [-0.4, -0.2) is 117 Å². The van der Waals surface area contributed by atoms with E-state index in [4.69, 9.17) is 0 Å². The van der Waals surface area contributed by atoms with E-state index in [0.29, 0.717) is 0 Å². The molecule has 3 fully saturated rings. The lowest BCUT2D eigenvalue weighted by Gasteiger charge is -2.35. The second-order valence-corrected chi connectivity index (χ2v) is 9.44. The first-order valence-electron chi connectivity index (χ1n) is 11.2. The highest BCUT2D eigenvalue weighted by atomic mass is 15.4. The second kappa shape index (κ2) is 10.4. The number of likely N-dealkylation sites (tertiary alicyclic amines) is 1. The average molecular weight is 366 g/mol. The van der Waals surface area contributed by atoms with Gasteiger partial charge in [-0.15, -0.1) is 0 Å². The Hall–Kier alpha value is -0.200. The number of hydrogen-bond acceptors (Lipinski definition) is 5. The van der Waals surface area contributed by atoms with Gasteiger partial charge in [-0.3, -0.25) is 9.80 Å². The summed E-state index contributed by atoms with van der Waals surface area (Å²) in [6, 6.07) is 0. The van der Waals surface area contributed by atoms with Crippen LogP contribution in [-0.2, 0) is 0 Å². The third-order valence-electron chi connectivity index (χ3n) is 6.57. The molecule has 0 aromatic rings. The van der Waals surface area contributed by atoms with Crippen molar-refractivity contribution >= 4 is 0 Å². The highest BCUT2D eigenvalue weighted by Gasteiger charge is 2.23. The van der Waals surface area contributed by atoms with E-state index in [9.17, 15) is 0 Å². The Labute approximate surface area is 162 Å². The smallest absolute Gasteiger partial charge is 0.0507 e. The van der Waals surface area contributed by atoms with Gasteiger partial charge in [-0.05, 0) is 51.2 Å². The minimum Gasteiger partial charge on any atom is -0.304 e. The summed E-state index contributed by atoms with van der Waals surface area (Å²) in [6.45, 7) is 21.4. The van der Waals surface area contributed by atoms with Crippen molar-refractivity contribution in [3.63, 3.8) is 0 Å². The van der Waals surface area contributed by atoms with Gasteiger partial charge < -0.3 is 14.7 Å². The van der Waals surface area contributed by atoms with Gasteiger partial charge in [0.1, 0.15) is 0 Å². The summed E-state index contributed by atoms with van der Waals surface area (Å²) in [7, 11) is 2.24. The largest absolute Gasteiger partial charge is 0.304 e. The summed E-state index contributed by atoms with van der Waals surface area (Å²) in [4.78, 5) is 13.1. The Kier molecular flexibility index (Phi) is 8.19. The van der Waals surface area contributed by atoms with E-state index in [2.05, 4.69) is 45.4 Å². The van der Waals surface area contributed by atoms with Crippen molar-refractivity contribution in [2.45, 2.75) is 33.1 Å². The molecule has 3 aliphatic rings. The van der Waals surface area contributed by atoms with Crippen LogP contribution in [0.25, 0.3) is 0 Å². The van der Waals surface area contributed by atoms with Crippen molar-refractivity contribution in [2.75, 3.05) is 92.3 Å². The predicted octanol–water partition coefficient (Wildman–Crippen LogP) is 1.57. The average Bonchev–Trinajstić information content (AvgIpc) is 3.04. The fourth-order valence-corrected chi connectivity index (χ4v) is 5.15. The fourth-order valence-electron chi connectivity index (χ4n) is 5.15. The summed E-state index contributed by atoms with van der Waals surface area (Å²) in [5.74, 6) is 1.78. The van der Waals surface area contributed by atoms with Crippen LogP contribution in [0.4, 0.5) is 0 Å². The number of likely N-dealkylation sites (N-methyl/N-ethyl adjacent to an activating group) is 1. The van der Waals surface area contributed by atoms with Gasteiger partial charge in [0.15, 0.2) is 0 Å². The maximum Gasteiger partial charge on any atom is 0.0507 e. The predicted molar refractivity (Wildman–Crippen MR) is 111 cm³/mol. The summed E-state index contributed by atoms with van der Waals surface area (Å²) in [5, 5.41) is 0. The lowest BCUT2D eigenvalue weighted by atomic mass is 9.92. The lowest BCUT2D eigenvalue weighted by Crippen LogP contribution is -2.45. The van der Waals surface area contributed by atoms with Gasteiger partial charge in [0.25, 0.3) is 0 Å². The third-order valence-corrected chi connectivity index (χ3v) is 6.57. The van der Waals surface area contributed by atoms with E-state index in [1.165, 1.54) is 104 Å². The molecular weight excluding hydrogens is 322 g/mol. The molecule has 3 aliphatic heterocycles. The molecule has 152 valence electrons. The minimum atomic E-state index is 0.890. The lowest BCUT2D eigenvalue weighted by molar-refractivity contribution is 0.132. The molecule has 5 nitrogen and oxygen atoms in total. The Morgan fingerprint density at radius 1 is 0.615 bits per heavy atom. The van der Waals surface area contributed by atoms with Crippen LogP contribution in [0.5, 0.6) is 0 Å². The Balaban J connectivity index is 1.22. The van der Waals surface area contributed by atoms with Crippen LogP contribution in [0.3, 0.4) is 0 Å². The highest BCUT2D eigenvalue weighted by Crippen LogP contribution is 2.21. The molecule has 0 spiro atoms. The van der Waals surface area contributed by atoms with E-state index in [0.717, 1.165) is 11.8 Å². The number of hydrogen-bond donors (Lipinski definition) is 0. The van der Waals surface area contributed by atoms with Crippen LogP contribution in [0.2, 0.25) is 0 Å². The normalized spacial score (nSPS) is 31.0. The molecule has 0 aromatic carbocycles. The molecule has 0 amide bonds. The third kappa shape index (κ3) is 6.75. The molecule has 3 saturated heterocycles. The number of rotatable bonds is 8. The number of piperidine rings is 1. The van der Waals surface area contributed by atoms with Gasteiger partial charge in [0.05, 0.1) is 6.67 Å². The first kappa shape index (κ1) is 20.5. The number of piperazine rings is 1. The molecular formula is C21H43N5. The molecule has 2 unspecified atom stereocenters. The maximum absolute atomic E-state index is 2.71. The zero-order valence-corrected chi connectivity index (χ0v) is 17.7. The molecule has 0 radical (unpaired) electrons. The molecule has 0 bridgehead atoms. The monoisotopic (exact) mass is 365 g/mol. The Morgan fingerprint density at radius 3 is 1.65 bits per heavy atom. The maximum atomic E-state index is 2.71. The molecule has 0 saturated carbocycles. The zero-order valence-electron chi connectivity index (χ0n) is 17.7. The quantitative estimate of drug-likeness (QED) is 0.647. The first-order chi connectivity index (χ1) is 12.6. The van der Waals surface area contributed by atoms with Crippen molar-refractivity contribution in [3.05, 3.63) is 0 Å². The van der Waals surface area contributed by atoms with E-state index in [1.807, 2.05) is 0 Å². The molecule has 26 heavy (non-hydrogen) atoms. The molecule has 5 heteroatoms. The molecule has 3 heterocycles. The van der Waals surface area contributed by atoms with E-state index in [-0.39, 0.29) is 0 Å². The number of nitrogens with zero attached hydrogens (tertiary/aromatic N) is 5. The standard InChI is InChI=1S/C21H43N5/c1-20-16-21(2)18-26(17-20)9-5-8-25-15-14-24(19-25)7-4-6-23-12-10-22(3)11-13-23/h20-21H,4-19H2,1-3H3. The van der Waals surface area contributed by atoms with Gasteiger partial charge in [0.2, 0.25) is 0 Å². The minimum absolute atomic E-state index is 0.890. The van der Waals surface area contributed by atoms with Crippen molar-refractivity contribution in [1.82, 2.24) is 24.5 Å². The first-order valence-corrected chi connectivity index (χ1v) is 11.2. The van der Waals surface area contributed by atoms with Crippen molar-refractivity contribution in [1.29, 1.82) is 0 Å². The summed E-state index contributed by atoms with van der Waals surface area (Å²) < 4.78 is 0. The SMILES string of the molecule is CC1CC(C)CN(CCCN2CCN(CCCN3CCN(C)CC3)C2)C1. The summed E-state index contributed by atoms with van der Waals surface area (Å²) in [5.41, 5.74) is 0. The van der Waals surface area contributed by atoms with Crippen molar-refractivity contribution in [2.24, 2.45) is 11.8 Å². The zero-order chi connectivity index (χ0) is 18.4. The van der Waals surface area contributed by atoms with Crippen LogP contribution in [0, 0.1) is 11.8 Å². The van der Waals surface area contributed by atoms with E-state index in [1.54, 1.807) is 0 Å². The molecule has 2 atom stereocenters. The Bertz CT molecular complexity index is 386. The molecule has 0 aromatic heterocycles. The molecule has 0 aliphatic carbocycles.